The Bertz CT molecular complexity index is 647. The zero-order valence-corrected chi connectivity index (χ0v) is 14.1. The van der Waals surface area contributed by atoms with E-state index in [2.05, 4.69) is 27.6 Å². The van der Waals surface area contributed by atoms with E-state index in [4.69, 9.17) is 5.11 Å². The molecule has 1 aromatic carbocycles. The summed E-state index contributed by atoms with van der Waals surface area (Å²) in [6, 6.07) is 3.98. The highest BCUT2D eigenvalue weighted by atomic mass is 79.9. The van der Waals surface area contributed by atoms with Gasteiger partial charge in [-0.2, -0.15) is 0 Å². The first kappa shape index (κ1) is 16.5. The molecule has 2 N–H and O–H groups in total. The van der Waals surface area contributed by atoms with Crippen LogP contribution in [0.3, 0.4) is 0 Å². The summed E-state index contributed by atoms with van der Waals surface area (Å²) in [6.45, 7) is 2.46. The molecule has 0 aliphatic heterocycles. The second kappa shape index (κ2) is 6.06. The number of sulfonamides is 1. The Hall–Kier alpha value is -0.920. The maximum absolute atomic E-state index is 12.4. The summed E-state index contributed by atoms with van der Waals surface area (Å²) in [5.41, 5.74) is 0.0108. The lowest BCUT2D eigenvalue weighted by molar-refractivity contribution is 0.0696. The molecule has 0 unspecified atom stereocenters. The van der Waals surface area contributed by atoms with Gasteiger partial charge in [0.25, 0.3) is 0 Å². The molecule has 0 amide bonds. The minimum atomic E-state index is -3.73. The van der Waals surface area contributed by atoms with Crippen LogP contribution in [0.25, 0.3) is 0 Å². The van der Waals surface area contributed by atoms with Crippen molar-refractivity contribution in [1.82, 2.24) is 4.72 Å². The molecule has 0 bridgehead atoms. The first-order valence-electron chi connectivity index (χ1n) is 6.82. The maximum atomic E-state index is 12.4. The fraction of sp³-hybridized carbons (Fsp3) is 0.500. The molecule has 0 atom stereocenters. The van der Waals surface area contributed by atoms with Crippen LogP contribution in [-0.2, 0) is 10.0 Å². The molecule has 1 aromatic rings. The Morgan fingerprint density at radius 3 is 2.57 bits per heavy atom. The number of hydrogen-bond acceptors (Lipinski definition) is 3. The van der Waals surface area contributed by atoms with Crippen LogP contribution >= 0.6 is 15.9 Å². The van der Waals surface area contributed by atoms with Gasteiger partial charge >= 0.3 is 5.97 Å². The highest BCUT2D eigenvalue weighted by Gasteiger charge is 2.36. The van der Waals surface area contributed by atoms with Gasteiger partial charge in [0.1, 0.15) is 0 Å². The number of carboxylic acid groups (broad SMARTS) is 1. The van der Waals surface area contributed by atoms with E-state index in [-0.39, 0.29) is 15.9 Å². The van der Waals surface area contributed by atoms with E-state index in [1.807, 2.05) is 0 Å². The average Bonchev–Trinajstić information content (AvgIpc) is 2.38. The molecule has 0 spiro atoms. The molecular weight excluding hydrogens is 358 g/mol. The highest BCUT2D eigenvalue weighted by Crippen LogP contribution is 2.43. The van der Waals surface area contributed by atoms with Crippen molar-refractivity contribution in [2.24, 2.45) is 5.41 Å². The molecule has 116 valence electrons. The quantitative estimate of drug-likeness (QED) is 0.800. The van der Waals surface area contributed by atoms with Crippen molar-refractivity contribution >= 4 is 31.9 Å². The molecule has 0 radical (unpaired) electrons. The fourth-order valence-electron chi connectivity index (χ4n) is 2.50. The molecule has 0 saturated heterocycles. The third kappa shape index (κ3) is 3.46. The third-order valence-corrected chi connectivity index (χ3v) is 6.66. The van der Waals surface area contributed by atoms with Crippen LogP contribution in [0.15, 0.2) is 27.6 Å². The van der Waals surface area contributed by atoms with Gasteiger partial charge in [0, 0.05) is 11.0 Å². The van der Waals surface area contributed by atoms with Gasteiger partial charge in [0.2, 0.25) is 10.0 Å². The smallest absolute Gasteiger partial charge is 0.335 e. The van der Waals surface area contributed by atoms with Crippen LogP contribution in [0.1, 0.15) is 43.0 Å². The standard InChI is InChI=1S/C14H18BrNO4S/c1-2-14(6-3-7-14)9-16-21(19,20)12-8-10(13(17)18)4-5-11(12)15/h4-5,8,16H,2-3,6-7,9H2,1H3,(H,17,18). The summed E-state index contributed by atoms with van der Waals surface area (Å²) >= 11 is 3.17. The minimum absolute atomic E-state index is 0.0343. The number of hydrogen-bond donors (Lipinski definition) is 2. The van der Waals surface area contributed by atoms with Crippen molar-refractivity contribution < 1.29 is 18.3 Å². The summed E-state index contributed by atoms with van der Waals surface area (Å²) in [4.78, 5) is 10.9. The van der Waals surface area contributed by atoms with E-state index in [9.17, 15) is 13.2 Å². The van der Waals surface area contributed by atoms with Crippen LogP contribution in [0.2, 0.25) is 0 Å². The lowest BCUT2D eigenvalue weighted by Gasteiger charge is -2.41. The minimum Gasteiger partial charge on any atom is -0.478 e. The zero-order chi connectivity index (χ0) is 15.7. The molecule has 1 saturated carbocycles. The molecule has 0 aromatic heterocycles. The molecule has 1 aliphatic carbocycles. The zero-order valence-electron chi connectivity index (χ0n) is 11.7. The molecular formula is C14H18BrNO4S. The normalized spacial score (nSPS) is 17.2. The van der Waals surface area contributed by atoms with Crippen LogP contribution in [-0.4, -0.2) is 26.0 Å². The van der Waals surface area contributed by atoms with E-state index in [1.54, 1.807) is 0 Å². The second-order valence-electron chi connectivity index (χ2n) is 5.48. The van der Waals surface area contributed by atoms with Gasteiger partial charge in [-0.05, 0) is 58.8 Å². The number of carbonyl (C=O) groups is 1. The molecule has 2 rings (SSSR count). The summed E-state index contributed by atoms with van der Waals surface area (Å²) in [7, 11) is -3.73. The van der Waals surface area contributed by atoms with Crippen LogP contribution < -0.4 is 4.72 Å². The van der Waals surface area contributed by atoms with Gasteiger partial charge in [0.15, 0.2) is 0 Å². The first-order valence-corrected chi connectivity index (χ1v) is 9.10. The third-order valence-electron chi connectivity index (χ3n) is 4.27. The number of rotatable bonds is 6. The summed E-state index contributed by atoms with van der Waals surface area (Å²) in [5, 5.41) is 8.98. The van der Waals surface area contributed by atoms with Crippen molar-refractivity contribution in [3.63, 3.8) is 0 Å². The molecule has 1 aliphatic rings. The van der Waals surface area contributed by atoms with Crippen LogP contribution in [0.4, 0.5) is 0 Å². The number of carboxylic acids is 1. The number of halogens is 1. The molecule has 1 fully saturated rings. The van der Waals surface area contributed by atoms with Crippen molar-refractivity contribution in [2.75, 3.05) is 6.54 Å². The van der Waals surface area contributed by atoms with Crippen molar-refractivity contribution in [3.05, 3.63) is 28.2 Å². The maximum Gasteiger partial charge on any atom is 0.335 e. The van der Waals surface area contributed by atoms with E-state index in [0.717, 1.165) is 25.7 Å². The number of benzene rings is 1. The van der Waals surface area contributed by atoms with Gasteiger partial charge in [0.05, 0.1) is 10.5 Å². The van der Waals surface area contributed by atoms with Gasteiger partial charge in [-0.25, -0.2) is 17.9 Å². The first-order chi connectivity index (χ1) is 9.80. The number of aromatic carboxylic acids is 1. The monoisotopic (exact) mass is 375 g/mol. The SMILES string of the molecule is CCC1(CNS(=O)(=O)c2cc(C(=O)O)ccc2Br)CCC1. The van der Waals surface area contributed by atoms with Crippen molar-refractivity contribution in [3.8, 4) is 0 Å². The largest absolute Gasteiger partial charge is 0.478 e. The van der Waals surface area contributed by atoms with Gasteiger partial charge < -0.3 is 5.11 Å². The lowest BCUT2D eigenvalue weighted by atomic mass is 9.67. The average molecular weight is 376 g/mol. The van der Waals surface area contributed by atoms with Crippen molar-refractivity contribution in [2.45, 2.75) is 37.5 Å². The number of nitrogens with one attached hydrogen (secondary N) is 1. The second-order valence-corrected chi connectivity index (χ2v) is 8.07. The van der Waals surface area contributed by atoms with Gasteiger partial charge in [-0.3, -0.25) is 0 Å². The lowest BCUT2D eigenvalue weighted by Crippen LogP contribution is -2.41. The van der Waals surface area contributed by atoms with Gasteiger partial charge in [-0.15, -0.1) is 0 Å². The molecule has 21 heavy (non-hydrogen) atoms. The van der Waals surface area contributed by atoms with E-state index in [1.165, 1.54) is 18.2 Å². The topological polar surface area (TPSA) is 83.5 Å². The Balaban J connectivity index is 2.23. The van der Waals surface area contributed by atoms with Crippen LogP contribution in [0.5, 0.6) is 0 Å². The Kier molecular flexibility index (Phi) is 4.75. The molecule has 5 nitrogen and oxygen atoms in total. The summed E-state index contributed by atoms with van der Waals surface area (Å²) in [6.07, 6.45) is 4.13. The predicted octanol–water partition coefficient (Wildman–Crippen LogP) is 3.01. The van der Waals surface area contributed by atoms with Crippen molar-refractivity contribution in [1.29, 1.82) is 0 Å². The predicted molar refractivity (Wildman–Crippen MR) is 82.9 cm³/mol. The highest BCUT2D eigenvalue weighted by molar-refractivity contribution is 9.10. The van der Waals surface area contributed by atoms with E-state index in [0.29, 0.717) is 11.0 Å². The summed E-state index contributed by atoms with van der Waals surface area (Å²) < 4.78 is 27.8. The Morgan fingerprint density at radius 2 is 2.10 bits per heavy atom. The molecule has 7 heteroatoms. The van der Waals surface area contributed by atoms with E-state index >= 15 is 0 Å². The Morgan fingerprint density at radius 1 is 1.43 bits per heavy atom. The van der Waals surface area contributed by atoms with Gasteiger partial charge in [-0.1, -0.05) is 13.3 Å². The van der Waals surface area contributed by atoms with E-state index < -0.39 is 16.0 Å². The fourth-order valence-corrected chi connectivity index (χ4v) is 4.64. The summed E-state index contributed by atoms with van der Waals surface area (Å²) in [5.74, 6) is -1.15. The molecule has 0 heterocycles. The Labute approximate surface area is 132 Å². The van der Waals surface area contributed by atoms with Crippen LogP contribution in [0, 0.1) is 5.41 Å².